The molecule has 1 aliphatic rings. The highest BCUT2D eigenvalue weighted by Crippen LogP contribution is 2.47. The van der Waals surface area contributed by atoms with Crippen molar-refractivity contribution in [2.45, 2.75) is 288 Å². The summed E-state index contributed by atoms with van der Waals surface area (Å²) >= 11 is 0. The number of esters is 1. The maximum atomic E-state index is 12.9. The van der Waals surface area contributed by atoms with Crippen molar-refractivity contribution in [1.29, 1.82) is 0 Å². The summed E-state index contributed by atoms with van der Waals surface area (Å²) in [6, 6.07) is 0. The Kier molecular flexibility index (Phi) is 44.6. The third kappa shape index (κ3) is 38.0. The molecule has 0 spiro atoms. The molecule has 6 N–H and O–H groups in total. The molecule has 0 heterocycles. The Balaban J connectivity index is 2.30. The van der Waals surface area contributed by atoms with E-state index in [4.69, 9.17) is 18.5 Å². The average Bonchev–Trinajstić information content (AvgIpc) is 3.35. The lowest BCUT2D eigenvalue weighted by atomic mass is 9.85. The average molecular weight is 1010 g/mol. The second-order valence-corrected chi connectivity index (χ2v) is 21.2. The zero-order valence-corrected chi connectivity index (χ0v) is 45.2. The Hall–Kier alpha value is -1.70. The van der Waals surface area contributed by atoms with E-state index >= 15 is 0 Å². The summed E-state index contributed by atoms with van der Waals surface area (Å²) in [6.45, 7) is 4.25. The Morgan fingerprint density at radius 2 is 0.800 bits per heavy atom. The number of rotatable bonds is 49. The molecule has 1 rings (SSSR count). The SMILES string of the molecule is CCCCC/C=C\C/C=C\C/C=C\CCCCCCCCCOCC(COP(=O)(O)OC1C(O)C(O)C(O)C(O)C1O)OC(=O)CCCCCCCCCCCCC/C=C\CCCCCCCCCC. The van der Waals surface area contributed by atoms with Crippen LogP contribution in [-0.2, 0) is 27.9 Å². The first-order valence-corrected chi connectivity index (χ1v) is 30.0. The molecular formula is C57H105O12P. The zero-order valence-electron chi connectivity index (χ0n) is 44.3. The van der Waals surface area contributed by atoms with Crippen molar-refractivity contribution in [3.05, 3.63) is 48.6 Å². The molecule has 0 aliphatic heterocycles. The lowest BCUT2D eigenvalue weighted by Crippen LogP contribution is -2.64. The summed E-state index contributed by atoms with van der Waals surface area (Å²) in [4.78, 5) is 23.3. The van der Waals surface area contributed by atoms with E-state index < -0.39 is 63.1 Å². The molecule has 0 aromatic rings. The monoisotopic (exact) mass is 1010 g/mol. The predicted molar refractivity (Wildman–Crippen MR) is 286 cm³/mol. The standard InChI is InChI=1S/C57H105O12P/c1-3-5-7-9-11-13-15-17-19-21-23-25-26-27-28-30-32-34-36-38-40-42-44-46-51(58)68-50(49-67-70(64,65)69-57-55(62)53(60)52(59)54(61)56(57)63)48-66-47-45-43-41-39-37-35-33-31-29-24-22-20-18-16-14-12-10-8-6-4-2/h12,14,18,20-21,23-24,29,50,52-57,59-63H,3-11,13,15-17,19,22,25-28,30-49H2,1-2H3,(H,64,65)/b14-12-,20-18-,23-21-,29-24-. The molecule has 6 unspecified atom stereocenters. The van der Waals surface area contributed by atoms with Crippen LogP contribution in [0.15, 0.2) is 48.6 Å². The van der Waals surface area contributed by atoms with Crippen LogP contribution in [0.3, 0.4) is 0 Å². The number of aliphatic hydroxyl groups excluding tert-OH is 5. The van der Waals surface area contributed by atoms with Gasteiger partial charge in [0.2, 0.25) is 0 Å². The normalized spacial score (nSPS) is 21.2. The molecule has 1 aliphatic carbocycles. The minimum Gasteiger partial charge on any atom is -0.457 e. The van der Waals surface area contributed by atoms with Gasteiger partial charge in [-0.15, -0.1) is 0 Å². The Morgan fingerprint density at radius 1 is 0.457 bits per heavy atom. The number of allylic oxidation sites excluding steroid dienone is 8. The van der Waals surface area contributed by atoms with Crippen LogP contribution in [0.25, 0.3) is 0 Å². The molecule has 0 aromatic carbocycles. The molecule has 0 bridgehead atoms. The Bertz CT molecular complexity index is 1340. The fraction of sp³-hybridized carbons (Fsp3) is 0.842. The van der Waals surface area contributed by atoms with Gasteiger partial charge in [0.25, 0.3) is 0 Å². The highest BCUT2D eigenvalue weighted by molar-refractivity contribution is 7.47. The van der Waals surface area contributed by atoms with Gasteiger partial charge in [-0.3, -0.25) is 13.8 Å². The van der Waals surface area contributed by atoms with Crippen LogP contribution in [-0.4, -0.2) is 98.9 Å². The Morgan fingerprint density at radius 3 is 1.26 bits per heavy atom. The minimum absolute atomic E-state index is 0.0834. The van der Waals surface area contributed by atoms with E-state index in [0.717, 1.165) is 64.2 Å². The lowest BCUT2D eigenvalue weighted by molar-refractivity contribution is -0.220. The van der Waals surface area contributed by atoms with Gasteiger partial charge >= 0.3 is 13.8 Å². The van der Waals surface area contributed by atoms with Crippen molar-refractivity contribution in [3.8, 4) is 0 Å². The first kappa shape index (κ1) is 66.3. The van der Waals surface area contributed by atoms with Gasteiger partial charge < -0.3 is 39.9 Å². The van der Waals surface area contributed by atoms with Crippen molar-refractivity contribution in [3.63, 3.8) is 0 Å². The van der Waals surface area contributed by atoms with Gasteiger partial charge in [0, 0.05) is 13.0 Å². The molecule has 0 radical (unpaired) electrons. The highest BCUT2D eigenvalue weighted by Gasteiger charge is 2.51. The third-order valence-corrected chi connectivity index (χ3v) is 14.2. The van der Waals surface area contributed by atoms with Gasteiger partial charge in [-0.1, -0.05) is 210 Å². The van der Waals surface area contributed by atoms with E-state index in [2.05, 4.69) is 62.5 Å². The third-order valence-electron chi connectivity index (χ3n) is 13.2. The molecule has 0 amide bonds. The summed E-state index contributed by atoms with van der Waals surface area (Å²) < 4.78 is 34.4. The quantitative estimate of drug-likeness (QED) is 0.0146. The van der Waals surface area contributed by atoms with E-state index in [9.17, 15) is 39.8 Å². The van der Waals surface area contributed by atoms with Crippen molar-refractivity contribution in [2.75, 3.05) is 19.8 Å². The van der Waals surface area contributed by atoms with Crippen LogP contribution in [0.4, 0.5) is 0 Å². The molecule has 13 heteroatoms. The number of hydrogen-bond acceptors (Lipinski definition) is 11. The zero-order chi connectivity index (χ0) is 51.2. The second-order valence-electron chi connectivity index (χ2n) is 19.8. The molecule has 0 aromatic heterocycles. The van der Waals surface area contributed by atoms with Gasteiger partial charge in [-0.2, -0.15) is 0 Å². The van der Waals surface area contributed by atoms with E-state index in [1.54, 1.807) is 0 Å². The van der Waals surface area contributed by atoms with Gasteiger partial charge in [0.15, 0.2) is 0 Å². The smallest absolute Gasteiger partial charge is 0.457 e. The fourth-order valence-corrected chi connectivity index (χ4v) is 9.63. The predicted octanol–water partition coefficient (Wildman–Crippen LogP) is 13.5. The topological polar surface area (TPSA) is 192 Å². The Labute approximate surface area is 426 Å². The van der Waals surface area contributed by atoms with Gasteiger partial charge in [-0.25, -0.2) is 4.57 Å². The summed E-state index contributed by atoms with van der Waals surface area (Å²) in [7, 11) is -5.03. The first-order chi connectivity index (χ1) is 34.0. The maximum absolute atomic E-state index is 12.9. The van der Waals surface area contributed by atoms with Crippen molar-refractivity contribution in [2.24, 2.45) is 0 Å². The lowest BCUT2D eigenvalue weighted by Gasteiger charge is -2.41. The number of hydrogen-bond donors (Lipinski definition) is 6. The van der Waals surface area contributed by atoms with Crippen LogP contribution >= 0.6 is 7.82 Å². The number of aliphatic hydroxyl groups is 5. The summed E-state index contributed by atoms with van der Waals surface area (Å²) in [5.74, 6) is -0.480. The van der Waals surface area contributed by atoms with Crippen molar-refractivity contribution in [1.82, 2.24) is 0 Å². The van der Waals surface area contributed by atoms with Gasteiger partial charge in [0.1, 0.15) is 42.7 Å². The van der Waals surface area contributed by atoms with Crippen molar-refractivity contribution < 1.29 is 58.3 Å². The summed E-state index contributed by atoms with van der Waals surface area (Å²) in [6.07, 6.45) is 47.5. The largest absolute Gasteiger partial charge is 0.472 e. The van der Waals surface area contributed by atoms with E-state index in [1.165, 1.54) is 154 Å². The second kappa shape index (κ2) is 47.0. The van der Waals surface area contributed by atoms with Gasteiger partial charge in [-0.05, 0) is 77.0 Å². The van der Waals surface area contributed by atoms with Crippen LogP contribution in [0.2, 0.25) is 0 Å². The fourth-order valence-electron chi connectivity index (χ4n) is 8.65. The molecule has 6 atom stereocenters. The molecule has 410 valence electrons. The van der Waals surface area contributed by atoms with E-state index in [-0.39, 0.29) is 13.0 Å². The number of ether oxygens (including phenoxy) is 2. The molecule has 70 heavy (non-hydrogen) atoms. The number of phosphoric acid groups is 1. The number of unbranched alkanes of at least 4 members (excludes halogenated alkanes) is 29. The van der Waals surface area contributed by atoms with Crippen LogP contribution in [0.1, 0.15) is 245 Å². The molecule has 12 nitrogen and oxygen atoms in total. The number of carbonyl (C=O) groups excluding carboxylic acids is 1. The van der Waals surface area contributed by atoms with E-state index in [0.29, 0.717) is 13.0 Å². The van der Waals surface area contributed by atoms with Crippen LogP contribution in [0.5, 0.6) is 0 Å². The van der Waals surface area contributed by atoms with Gasteiger partial charge in [0.05, 0.1) is 13.2 Å². The summed E-state index contributed by atoms with van der Waals surface area (Å²) in [5.41, 5.74) is 0. The first-order valence-electron chi connectivity index (χ1n) is 28.5. The number of phosphoric ester groups is 1. The molecule has 1 fully saturated rings. The number of carbonyl (C=O) groups is 1. The van der Waals surface area contributed by atoms with E-state index in [1.807, 2.05) is 0 Å². The minimum atomic E-state index is -5.03. The molecule has 0 saturated heterocycles. The van der Waals surface area contributed by atoms with Crippen LogP contribution < -0.4 is 0 Å². The van der Waals surface area contributed by atoms with Crippen LogP contribution in [0, 0.1) is 0 Å². The highest BCUT2D eigenvalue weighted by atomic mass is 31.2. The van der Waals surface area contributed by atoms with Crippen molar-refractivity contribution >= 4 is 13.8 Å². The molecule has 1 saturated carbocycles. The molecular weight excluding hydrogens is 908 g/mol. The maximum Gasteiger partial charge on any atom is 0.472 e. The summed E-state index contributed by atoms with van der Waals surface area (Å²) in [5, 5.41) is 50.4.